The topological polar surface area (TPSA) is 17.1 Å². The molecule has 0 unspecified atom stereocenters. The largest absolute Gasteiger partial charge is 0.298 e. The summed E-state index contributed by atoms with van der Waals surface area (Å²) in [7, 11) is 0. The molecule has 18 heavy (non-hydrogen) atoms. The van der Waals surface area contributed by atoms with E-state index in [1.54, 1.807) is 0 Å². The van der Waals surface area contributed by atoms with Gasteiger partial charge in [0, 0.05) is 5.56 Å². The monoisotopic (exact) mass is 240 g/mol. The lowest BCUT2D eigenvalue weighted by molar-refractivity contribution is 0.112. The van der Waals surface area contributed by atoms with Gasteiger partial charge in [-0.25, -0.2) is 0 Å². The van der Waals surface area contributed by atoms with Crippen molar-refractivity contribution in [2.45, 2.75) is 39.5 Å². The van der Waals surface area contributed by atoms with E-state index in [1.807, 2.05) is 12.1 Å². The molecule has 0 aromatic heterocycles. The number of carbonyl (C=O) groups is 1. The Morgan fingerprint density at radius 1 is 1.00 bits per heavy atom. The maximum atomic E-state index is 11.2. The molecular weight excluding hydrogens is 220 g/mol. The van der Waals surface area contributed by atoms with Crippen LogP contribution in [0.2, 0.25) is 0 Å². The van der Waals surface area contributed by atoms with Gasteiger partial charge in [0.2, 0.25) is 0 Å². The summed E-state index contributed by atoms with van der Waals surface area (Å²) >= 11 is 0. The summed E-state index contributed by atoms with van der Waals surface area (Å²) in [5.74, 6) is 0. The summed E-state index contributed by atoms with van der Waals surface area (Å²) in [6.07, 6.45) is 5.28. The Morgan fingerprint density at radius 2 is 1.72 bits per heavy atom. The van der Waals surface area contributed by atoms with Crippen LogP contribution in [0.25, 0.3) is 10.8 Å². The van der Waals surface area contributed by atoms with Gasteiger partial charge in [-0.3, -0.25) is 4.79 Å². The predicted molar refractivity (Wildman–Crippen MR) is 77.3 cm³/mol. The Labute approximate surface area is 109 Å². The van der Waals surface area contributed by atoms with E-state index < -0.39 is 0 Å². The summed E-state index contributed by atoms with van der Waals surface area (Å²) in [5, 5.41) is 2.50. The molecule has 2 rings (SSSR count). The number of aldehydes is 1. The molecule has 0 amide bonds. The van der Waals surface area contributed by atoms with Crippen LogP contribution in [0.1, 0.15) is 48.2 Å². The van der Waals surface area contributed by atoms with Crippen LogP contribution in [0.4, 0.5) is 0 Å². The first-order valence-corrected chi connectivity index (χ1v) is 6.79. The number of aryl methyl sites for hydroxylation is 2. The Morgan fingerprint density at radius 3 is 2.39 bits per heavy atom. The molecule has 94 valence electrons. The summed E-state index contributed by atoms with van der Waals surface area (Å²) in [5.41, 5.74) is 3.42. The van der Waals surface area contributed by atoms with E-state index in [0.29, 0.717) is 0 Å². The van der Waals surface area contributed by atoms with Gasteiger partial charge in [-0.15, -0.1) is 0 Å². The minimum Gasteiger partial charge on any atom is -0.298 e. The Bertz CT molecular complexity index is 555. The molecule has 0 aliphatic heterocycles. The molecule has 1 heteroatoms. The van der Waals surface area contributed by atoms with Crippen molar-refractivity contribution in [3.63, 3.8) is 0 Å². The van der Waals surface area contributed by atoms with Crippen LogP contribution < -0.4 is 0 Å². The van der Waals surface area contributed by atoms with Crippen molar-refractivity contribution in [3.05, 3.63) is 47.0 Å². The summed E-state index contributed by atoms with van der Waals surface area (Å²) in [6, 6.07) is 10.6. The molecule has 2 aromatic carbocycles. The van der Waals surface area contributed by atoms with Gasteiger partial charge in [0.15, 0.2) is 0 Å². The van der Waals surface area contributed by atoms with Crippen LogP contribution >= 0.6 is 0 Å². The maximum absolute atomic E-state index is 11.2. The van der Waals surface area contributed by atoms with E-state index in [0.717, 1.165) is 37.5 Å². The van der Waals surface area contributed by atoms with Gasteiger partial charge in [0.25, 0.3) is 0 Å². The molecule has 0 aliphatic carbocycles. The molecule has 0 N–H and O–H groups in total. The third-order valence-corrected chi connectivity index (χ3v) is 3.40. The van der Waals surface area contributed by atoms with Crippen LogP contribution in [0.5, 0.6) is 0 Å². The predicted octanol–water partition coefficient (Wildman–Crippen LogP) is 4.56. The lowest BCUT2D eigenvalue weighted by Crippen LogP contribution is -1.95. The fourth-order valence-corrected chi connectivity index (χ4v) is 2.53. The summed E-state index contributed by atoms with van der Waals surface area (Å²) in [6.45, 7) is 4.35. The highest BCUT2D eigenvalue weighted by molar-refractivity contribution is 5.93. The lowest BCUT2D eigenvalue weighted by Gasteiger charge is -2.10. The molecule has 0 fully saturated rings. The Hall–Kier alpha value is -1.63. The molecule has 1 nitrogen and oxygen atoms in total. The summed E-state index contributed by atoms with van der Waals surface area (Å²) < 4.78 is 0. The zero-order chi connectivity index (χ0) is 13.0. The first-order valence-electron chi connectivity index (χ1n) is 6.79. The number of benzene rings is 2. The van der Waals surface area contributed by atoms with E-state index in [2.05, 4.69) is 32.0 Å². The van der Waals surface area contributed by atoms with Gasteiger partial charge in [0.05, 0.1) is 0 Å². The van der Waals surface area contributed by atoms with Gasteiger partial charge < -0.3 is 0 Å². The van der Waals surface area contributed by atoms with Crippen molar-refractivity contribution in [1.82, 2.24) is 0 Å². The van der Waals surface area contributed by atoms with Crippen molar-refractivity contribution in [2.75, 3.05) is 0 Å². The van der Waals surface area contributed by atoms with E-state index in [-0.39, 0.29) is 0 Å². The van der Waals surface area contributed by atoms with Gasteiger partial charge in [-0.05, 0) is 34.7 Å². The van der Waals surface area contributed by atoms with Crippen molar-refractivity contribution in [3.8, 4) is 0 Å². The second kappa shape index (κ2) is 5.81. The fraction of sp³-hybridized carbons (Fsp3) is 0.353. The average Bonchev–Trinajstić information content (AvgIpc) is 2.40. The highest BCUT2D eigenvalue weighted by Gasteiger charge is 2.07. The smallest absolute Gasteiger partial charge is 0.150 e. The number of hydrogen-bond donors (Lipinski definition) is 0. The fourth-order valence-electron chi connectivity index (χ4n) is 2.53. The zero-order valence-corrected chi connectivity index (χ0v) is 11.2. The van der Waals surface area contributed by atoms with E-state index >= 15 is 0 Å². The zero-order valence-electron chi connectivity index (χ0n) is 11.2. The second-order valence-electron chi connectivity index (χ2n) is 4.81. The van der Waals surface area contributed by atoms with Gasteiger partial charge in [-0.1, -0.05) is 57.0 Å². The average molecular weight is 240 g/mol. The number of hydrogen-bond acceptors (Lipinski definition) is 1. The Kier molecular flexibility index (Phi) is 4.14. The molecule has 0 aliphatic rings. The van der Waals surface area contributed by atoms with E-state index in [4.69, 9.17) is 0 Å². The molecule has 0 saturated carbocycles. The van der Waals surface area contributed by atoms with Crippen LogP contribution in [0, 0.1) is 0 Å². The number of fused-ring (bicyclic) bond motifs is 1. The van der Waals surface area contributed by atoms with E-state index in [9.17, 15) is 4.79 Å². The highest BCUT2D eigenvalue weighted by Crippen LogP contribution is 2.25. The van der Waals surface area contributed by atoms with Gasteiger partial charge in [-0.2, -0.15) is 0 Å². The molecule has 2 aromatic rings. The number of carbonyl (C=O) groups excluding carboxylic acids is 1. The molecular formula is C17H20O. The molecule has 0 saturated heterocycles. The van der Waals surface area contributed by atoms with Crippen molar-refractivity contribution in [1.29, 1.82) is 0 Å². The Balaban J connectivity index is 2.63. The van der Waals surface area contributed by atoms with Crippen LogP contribution in [-0.2, 0) is 12.8 Å². The third-order valence-electron chi connectivity index (χ3n) is 3.40. The van der Waals surface area contributed by atoms with Gasteiger partial charge >= 0.3 is 0 Å². The quantitative estimate of drug-likeness (QED) is 0.700. The number of rotatable bonds is 5. The maximum Gasteiger partial charge on any atom is 0.150 e. The first-order chi connectivity index (χ1) is 8.80. The molecule has 0 heterocycles. The standard InChI is InChI=1S/C17H20O/c1-3-5-13-7-8-14-9-10-15(12-18)16(6-4-2)17(14)11-13/h7-12H,3-6H2,1-2H3. The normalized spacial score (nSPS) is 10.8. The van der Waals surface area contributed by atoms with Gasteiger partial charge in [0.1, 0.15) is 6.29 Å². The molecule has 0 atom stereocenters. The second-order valence-corrected chi connectivity index (χ2v) is 4.81. The molecule has 0 radical (unpaired) electrons. The van der Waals surface area contributed by atoms with Crippen molar-refractivity contribution < 1.29 is 4.79 Å². The molecule has 0 spiro atoms. The highest BCUT2D eigenvalue weighted by atomic mass is 16.1. The minimum absolute atomic E-state index is 0.845. The van der Waals surface area contributed by atoms with Crippen molar-refractivity contribution in [2.24, 2.45) is 0 Å². The van der Waals surface area contributed by atoms with Crippen LogP contribution in [0.3, 0.4) is 0 Å². The SMILES string of the molecule is CCCc1ccc2ccc(C=O)c(CCC)c2c1. The molecule has 0 bridgehead atoms. The lowest BCUT2D eigenvalue weighted by atomic mass is 9.94. The minimum atomic E-state index is 0.845. The first kappa shape index (κ1) is 12.8. The summed E-state index contributed by atoms with van der Waals surface area (Å²) in [4.78, 5) is 11.2. The van der Waals surface area contributed by atoms with Crippen LogP contribution in [-0.4, -0.2) is 6.29 Å². The van der Waals surface area contributed by atoms with Crippen LogP contribution in [0.15, 0.2) is 30.3 Å². The van der Waals surface area contributed by atoms with Crippen molar-refractivity contribution >= 4 is 17.1 Å². The third kappa shape index (κ3) is 2.45. The van der Waals surface area contributed by atoms with E-state index in [1.165, 1.54) is 21.9 Å².